The van der Waals surface area contributed by atoms with Crippen molar-refractivity contribution in [3.05, 3.63) is 86.8 Å². The van der Waals surface area contributed by atoms with Crippen molar-refractivity contribution in [2.24, 2.45) is 0 Å². The van der Waals surface area contributed by atoms with Gasteiger partial charge in [-0.05, 0) is 48.4 Å². The van der Waals surface area contributed by atoms with E-state index < -0.39 is 22.9 Å². The molecule has 0 amide bonds. The normalized spacial score (nSPS) is 14.7. The average molecular weight is 471 g/mol. The molecule has 0 bridgehead atoms. The highest BCUT2D eigenvalue weighted by molar-refractivity contribution is 5.93. The van der Waals surface area contributed by atoms with Gasteiger partial charge in [0.2, 0.25) is 0 Å². The van der Waals surface area contributed by atoms with E-state index in [2.05, 4.69) is 15.6 Å². The molecule has 1 aliphatic rings. The van der Waals surface area contributed by atoms with Gasteiger partial charge in [-0.25, -0.2) is 9.78 Å². The maximum atomic E-state index is 12.2. The van der Waals surface area contributed by atoms with Gasteiger partial charge in [-0.2, -0.15) is 0 Å². The summed E-state index contributed by atoms with van der Waals surface area (Å²) in [5, 5.41) is 18.0. The molecular formula is C27H26N4O4. The van der Waals surface area contributed by atoms with E-state index in [1.807, 2.05) is 59.5 Å². The summed E-state index contributed by atoms with van der Waals surface area (Å²) in [6, 6.07) is 16.3. The number of fused-ring (bicyclic) bond motifs is 1. The summed E-state index contributed by atoms with van der Waals surface area (Å²) in [5.41, 5.74) is 0.912. The molecule has 0 aliphatic carbocycles. The van der Waals surface area contributed by atoms with Gasteiger partial charge in [0, 0.05) is 36.8 Å². The Kier molecular flexibility index (Phi) is 6.18. The SMILES string of the molecule is O=C(O)[C@H](Cc1ccc(Nc2nccc3ccccc23)cc1)Nc1c(N2CCCCC2)c(=O)c1=O. The van der Waals surface area contributed by atoms with Crippen LogP contribution in [0.5, 0.6) is 0 Å². The molecule has 35 heavy (non-hydrogen) atoms. The van der Waals surface area contributed by atoms with Gasteiger partial charge in [-0.3, -0.25) is 9.59 Å². The molecule has 178 valence electrons. The van der Waals surface area contributed by atoms with Gasteiger partial charge in [0.1, 0.15) is 23.2 Å². The zero-order chi connectivity index (χ0) is 24.4. The summed E-state index contributed by atoms with van der Waals surface area (Å²) in [6.45, 7) is 1.41. The van der Waals surface area contributed by atoms with Crippen LogP contribution in [0.1, 0.15) is 24.8 Å². The molecule has 1 atom stereocenters. The highest BCUT2D eigenvalue weighted by Crippen LogP contribution is 2.26. The molecule has 8 heteroatoms. The van der Waals surface area contributed by atoms with E-state index in [1.54, 1.807) is 6.20 Å². The van der Waals surface area contributed by atoms with Crippen molar-refractivity contribution in [2.45, 2.75) is 31.7 Å². The first-order valence-electron chi connectivity index (χ1n) is 11.8. The summed E-state index contributed by atoms with van der Waals surface area (Å²) in [7, 11) is 0. The van der Waals surface area contributed by atoms with E-state index in [1.165, 1.54) is 0 Å². The maximum Gasteiger partial charge on any atom is 0.326 e. The van der Waals surface area contributed by atoms with Crippen LogP contribution in [0.25, 0.3) is 10.8 Å². The Bertz CT molecular complexity index is 1430. The number of anilines is 4. The summed E-state index contributed by atoms with van der Waals surface area (Å²) < 4.78 is 0. The molecule has 0 unspecified atom stereocenters. The predicted molar refractivity (Wildman–Crippen MR) is 138 cm³/mol. The summed E-state index contributed by atoms with van der Waals surface area (Å²) in [6.07, 6.45) is 4.92. The number of rotatable bonds is 8. The lowest BCUT2D eigenvalue weighted by molar-refractivity contribution is -0.137. The number of nitrogens with one attached hydrogen (secondary N) is 2. The first kappa shape index (κ1) is 22.6. The Morgan fingerprint density at radius 1 is 0.971 bits per heavy atom. The quantitative estimate of drug-likeness (QED) is 0.335. The van der Waals surface area contributed by atoms with E-state index >= 15 is 0 Å². The first-order chi connectivity index (χ1) is 17.0. The van der Waals surface area contributed by atoms with Crippen molar-refractivity contribution < 1.29 is 9.90 Å². The lowest BCUT2D eigenvalue weighted by atomic mass is 10.0. The minimum atomic E-state index is -1.08. The number of piperidine rings is 1. The average Bonchev–Trinajstić information content (AvgIpc) is 2.89. The minimum absolute atomic E-state index is 0.129. The molecule has 2 heterocycles. The van der Waals surface area contributed by atoms with Gasteiger partial charge >= 0.3 is 5.97 Å². The number of carbonyl (C=O) groups is 1. The molecule has 4 aromatic rings. The van der Waals surface area contributed by atoms with E-state index in [0.717, 1.165) is 47.1 Å². The first-order valence-corrected chi connectivity index (χ1v) is 11.8. The Morgan fingerprint density at radius 3 is 2.46 bits per heavy atom. The van der Waals surface area contributed by atoms with E-state index in [4.69, 9.17) is 0 Å². The van der Waals surface area contributed by atoms with Crippen molar-refractivity contribution >= 4 is 39.6 Å². The van der Waals surface area contributed by atoms with E-state index in [9.17, 15) is 19.5 Å². The fourth-order valence-corrected chi connectivity index (χ4v) is 4.62. The zero-order valence-corrected chi connectivity index (χ0v) is 19.2. The van der Waals surface area contributed by atoms with Gasteiger partial charge in [0.25, 0.3) is 10.9 Å². The number of hydrogen-bond acceptors (Lipinski definition) is 7. The Labute approximate surface area is 201 Å². The molecule has 1 aliphatic heterocycles. The number of nitrogens with zero attached hydrogens (tertiary/aromatic N) is 2. The van der Waals surface area contributed by atoms with E-state index in [-0.39, 0.29) is 12.1 Å². The molecule has 0 saturated carbocycles. The Morgan fingerprint density at radius 2 is 1.71 bits per heavy atom. The predicted octanol–water partition coefficient (Wildman–Crippen LogP) is 3.67. The fraction of sp³-hybridized carbons (Fsp3) is 0.259. The van der Waals surface area contributed by atoms with Crippen LogP contribution in [0.3, 0.4) is 0 Å². The lowest BCUT2D eigenvalue weighted by Crippen LogP contribution is -2.47. The minimum Gasteiger partial charge on any atom is -0.480 e. The summed E-state index contributed by atoms with van der Waals surface area (Å²) >= 11 is 0. The third-order valence-corrected chi connectivity index (χ3v) is 6.50. The Balaban J connectivity index is 1.30. The number of carboxylic acids is 1. The maximum absolute atomic E-state index is 12.2. The third kappa shape index (κ3) is 4.59. The second kappa shape index (κ2) is 9.58. The second-order valence-corrected chi connectivity index (χ2v) is 8.87. The number of aliphatic carboxylic acids is 1. The van der Waals surface area contributed by atoms with Crippen molar-refractivity contribution in [2.75, 3.05) is 28.6 Å². The number of hydrogen-bond donors (Lipinski definition) is 3. The van der Waals surface area contributed by atoms with Crippen LogP contribution in [0.15, 0.2) is 70.4 Å². The van der Waals surface area contributed by atoms with Gasteiger partial charge < -0.3 is 20.6 Å². The van der Waals surface area contributed by atoms with Gasteiger partial charge in [-0.1, -0.05) is 36.4 Å². The highest BCUT2D eigenvalue weighted by Gasteiger charge is 2.30. The fourth-order valence-electron chi connectivity index (χ4n) is 4.62. The number of benzene rings is 2. The monoisotopic (exact) mass is 470 g/mol. The molecule has 1 saturated heterocycles. The zero-order valence-electron chi connectivity index (χ0n) is 19.2. The number of pyridine rings is 1. The van der Waals surface area contributed by atoms with Crippen molar-refractivity contribution in [3.8, 4) is 0 Å². The van der Waals surface area contributed by atoms with Crippen LogP contribution in [-0.2, 0) is 11.2 Å². The van der Waals surface area contributed by atoms with Crippen LogP contribution >= 0.6 is 0 Å². The molecule has 3 N–H and O–H groups in total. The van der Waals surface area contributed by atoms with Crippen LogP contribution in [0.4, 0.5) is 22.9 Å². The third-order valence-electron chi connectivity index (χ3n) is 6.50. The van der Waals surface area contributed by atoms with Crippen molar-refractivity contribution in [1.82, 2.24) is 4.98 Å². The van der Waals surface area contributed by atoms with Crippen molar-refractivity contribution in [1.29, 1.82) is 0 Å². The highest BCUT2D eigenvalue weighted by atomic mass is 16.4. The topological polar surface area (TPSA) is 112 Å². The lowest BCUT2D eigenvalue weighted by Gasteiger charge is -2.31. The second-order valence-electron chi connectivity index (χ2n) is 8.87. The van der Waals surface area contributed by atoms with Gasteiger partial charge in [0.05, 0.1) is 0 Å². The van der Waals surface area contributed by atoms with Gasteiger partial charge in [0.15, 0.2) is 0 Å². The molecule has 0 radical (unpaired) electrons. The Hall–Kier alpha value is -4.20. The van der Waals surface area contributed by atoms with Crippen LogP contribution < -0.4 is 26.4 Å². The molecule has 8 nitrogen and oxygen atoms in total. The molecule has 1 fully saturated rings. The van der Waals surface area contributed by atoms with Crippen LogP contribution in [0.2, 0.25) is 0 Å². The number of carboxylic acid groups (broad SMARTS) is 1. The van der Waals surface area contributed by atoms with Crippen molar-refractivity contribution in [3.63, 3.8) is 0 Å². The molecule has 1 aromatic heterocycles. The van der Waals surface area contributed by atoms with Crippen LogP contribution in [-0.4, -0.2) is 35.2 Å². The summed E-state index contributed by atoms with van der Waals surface area (Å²) in [4.78, 5) is 42.7. The molecular weight excluding hydrogens is 444 g/mol. The van der Waals surface area contributed by atoms with E-state index in [0.29, 0.717) is 18.8 Å². The summed E-state index contributed by atoms with van der Waals surface area (Å²) in [5.74, 6) is -0.337. The largest absolute Gasteiger partial charge is 0.480 e. The van der Waals surface area contributed by atoms with Crippen LogP contribution in [0, 0.1) is 0 Å². The molecule has 0 spiro atoms. The molecule has 5 rings (SSSR count). The van der Waals surface area contributed by atoms with Gasteiger partial charge in [-0.15, -0.1) is 0 Å². The molecule has 3 aromatic carbocycles. The smallest absolute Gasteiger partial charge is 0.326 e. The number of aromatic nitrogens is 1. The standard InChI is InChI=1S/C27H26N4O4/c32-24-22(23(25(24)33)31-14-4-1-5-15-31)30-21(27(34)35)16-17-8-10-19(11-9-17)29-26-20-7-3-2-6-18(20)12-13-28-26/h2-3,6-13,21,30H,1,4-5,14-16H2,(H,28,29)(H,34,35)/t21-/m0/s1.